The molecule has 0 saturated carbocycles. The summed E-state index contributed by atoms with van der Waals surface area (Å²) in [5.74, 6) is -0.0694. The molecule has 4 rings (SSSR count). The van der Waals surface area contributed by atoms with Crippen LogP contribution in [0, 0.1) is 0 Å². The van der Waals surface area contributed by atoms with Crippen LogP contribution in [0.3, 0.4) is 0 Å². The molecule has 2 aliphatic rings. The predicted octanol–water partition coefficient (Wildman–Crippen LogP) is 4.40. The maximum Gasteiger partial charge on any atom is 0.410 e. The molecule has 0 fully saturated rings. The summed E-state index contributed by atoms with van der Waals surface area (Å²) in [5, 5.41) is 0.490. The molecule has 2 aliphatic heterocycles. The Hall–Kier alpha value is -1.93. The highest BCUT2D eigenvalue weighted by Crippen LogP contribution is 2.35. The summed E-state index contributed by atoms with van der Waals surface area (Å²) in [6.07, 6.45) is 1.15. The molecule has 2 amide bonds. The van der Waals surface area contributed by atoms with Gasteiger partial charge >= 0.3 is 6.09 Å². The Morgan fingerprint density at radius 2 is 2.00 bits per heavy atom. The van der Waals surface area contributed by atoms with Gasteiger partial charge in [-0.05, 0) is 44.9 Å². The van der Waals surface area contributed by atoms with Crippen LogP contribution in [0.4, 0.5) is 10.5 Å². The van der Waals surface area contributed by atoms with Crippen LogP contribution in [0.2, 0.25) is 0 Å². The number of benzene rings is 1. The van der Waals surface area contributed by atoms with E-state index < -0.39 is 5.60 Å². The first-order chi connectivity index (χ1) is 13.2. The van der Waals surface area contributed by atoms with Gasteiger partial charge in [-0.3, -0.25) is 4.79 Å². The number of rotatable bonds is 1. The van der Waals surface area contributed by atoms with Crippen LogP contribution < -0.4 is 4.90 Å². The summed E-state index contributed by atoms with van der Waals surface area (Å²) in [4.78, 5) is 34.5. The fourth-order valence-electron chi connectivity index (χ4n) is 3.49. The second-order valence-corrected chi connectivity index (χ2v) is 9.92. The van der Waals surface area contributed by atoms with Crippen molar-refractivity contribution in [3.63, 3.8) is 0 Å². The number of fused-ring (bicyclic) bond motifs is 2. The minimum atomic E-state index is -0.524. The number of halogens is 1. The van der Waals surface area contributed by atoms with Crippen molar-refractivity contribution in [2.24, 2.45) is 0 Å². The van der Waals surface area contributed by atoms with Gasteiger partial charge in [0.2, 0.25) is 0 Å². The Morgan fingerprint density at radius 3 is 2.75 bits per heavy atom. The summed E-state index contributed by atoms with van der Waals surface area (Å²) in [6, 6.07) is 5.92. The summed E-state index contributed by atoms with van der Waals surface area (Å²) in [7, 11) is 0. The molecule has 0 saturated heterocycles. The number of amides is 2. The zero-order valence-corrected chi connectivity index (χ0v) is 18.5. The highest BCUT2D eigenvalue weighted by Gasteiger charge is 2.32. The lowest BCUT2D eigenvalue weighted by Gasteiger charge is -2.29. The molecule has 28 heavy (non-hydrogen) atoms. The van der Waals surface area contributed by atoms with Crippen molar-refractivity contribution in [2.75, 3.05) is 18.0 Å². The maximum absolute atomic E-state index is 13.1. The minimum Gasteiger partial charge on any atom is -0.444 e. The molecule has 148 valence electrons. The van der Waals surface area contributed by atoms with Crippen molar-refractivity contribution in [3.8, 4) is 0 Å². The van der Waals surface area contributed by atoms with Crippen molar-refractivity contribution >= 4 is 45.0 Å². The number of ether oxygens (including phenoxy) is 1. The van der Waals surface area contributed by atoms with Crippen LogP contribution in [0.25, 0.3) is 0 Å². The van der Waals surface area contributed by atoms with E-state index in [9.17, 15) is 9.59 Å². The van der Waals surface area contributed by atoms with Crippen LogP contribution in [0.1, 0.15) is 46.7 Å². The Bertz CT molecular complexity index is 951. The van der Waals surface area contributed by atoms with Gasteiger partial charge in [0.05, 0.1) is 12.2 Å². The lowest BCUT2D eigenvalue weighted by Crippen LogP contribution is -2.39. The van der Waals surface area contributed by atoms with Gasteiger partial charge in [-0.25, -0.2) is 9.78 Å². The van der Waals surface area contributed by atoms with E-state index in [1.807, 2.05) is 39.0 Å². The first-order valence-electron chi connectivity index (χ1n) is 9.29. The Balaban J connectivity index is 1.52. The third-order valence-corrected chi connectivity index (χ3v) is 6.59. The molecular formula is C20H22BrN3O3S. The molecule has 1 aromatic carbocycles. The van der Waals surface area contributed by atoms with E-state index in [0.717, 1.165) is 32.7 Å². The molecule has 3 heterocycles. The molecule has 6 nitrogen and oxygen atoms in total. The van der Waals surface area contributed by atoms with Crippen molar-refractivity contribution in [2.45, 2.75) is 45.8 Å². The van der Waals surface area contributed by atoms with Gasteiger partial charge in [0.15, 0.2) is 5.01 Å². The van der Waals surface area contributed by atoms with Gasteiger partial charge in [-0.15, -0.1) is 11.3 Å². The minimum absolute atomic E-state index is 0.0694. The van der Waals surface area contributed by atoms with Gasteiger partial charge in [0.25, 0.3) is 5.91 Å². The van der Waals surface area contributed by atoms with Gasteiger partial charge in [-0.1, -0.05) is 22.0 Å². The number of carbonyl (C=O) groups excluding carboxylic acids is 2. The van der Waals surface area contributed by atoms with E-state index in [-0.39, 0.29) is 12.0 Å². The van der Waals surface area contributed by atoms with Crippen LogP contribution in [-0.4, -0.2) is 40.6 Å². The SMILES string of the molecule is CC(C)(C)OC(=O)N1CCc2nc(C(=O)N3CCc4c(Br)cccc43)sc2C1. The molecule has 0 radical (unpaired) electrons. The largest absolute Gasteiger partial charge is 0.444 e. The highest BCUT2D eigenvalue weighted by molar-refractivity contribution is 9.10. The normalized spacial score (nSPS) is 16.0. The van der Waals surface area contributed by atoms with E-state index in [0.29, 0.717) is 31.1 Å². The quantitative estimate of drug-likeness (QED) is 0.628. The molecule has 0 N–H and O–H groups in total. The first kappa shape index (κ1) is 19.4. The van der Waals surface area contributed by atoms with Crippen molar-refractivity contribution < 1.29 is 14.3 Å². The molecule has 0 bridgehead atoms. The number of carbonyl (C=O) groups is 2. The van der Waals surface area contributed by atoms with Crippen molar-refractivity contribution in [1.82, 2.24) is 9.88 Å². The zero-order valence-electron chi connectivity index (χ0n) is 16.1. The highest BCUT2D eigenvalue weighted by atomic mass is 79.9. The zero-order chi connectivity index (χ0) is 20.1. The fraction of sp³-hybridized carbons (Fsp3) is 0.450. The second-order valence-electron chi connectivity index (χ2n) is 7.99. The van der Waals surface area contributed by atoms with Crippen LogP contribution >= 0.6 is 27.3 Å². The lowest BCUT2D eigenvalue weighted by molar-refractivity contribution is 0.0225. The Labute approximate surface area is 176 Å². The average Bonchev–Trinajstić information content (AvgIpc) is 3.24. The summed E-state index contributed by atoms with van der Waals surface area (Å²) < 4.78 is 6.50. The molecule has 1 aromatic heterocycles. The molecular weight excluding hydrogens is 442 g/mol. The smallest absolute Gasteiger partial charge is 0.410 e. The molecule has 0 aliphatic carbocycles. The average molecular weight is 464 g/mol. The van der Waals surface area contributed by atoms with Crippen LogP contribution in [-0.2, 0) is 24.1 Å². The molecule has 2 aromatic rings. The predicted molar refractivity (Wildman–Crippen MR) is 112 cm³/mol. The molecule has 0 atom stereocenters. The van der Waals surface area contributed by atoms with Gasteiger partial charge in [0.1, 0.15) is 5.60 Å². The van der Waals surface area contributed by atoms with Crippen molar-refractivity contribution in [1.29, 1.82) is 0 Å². The number of hydrogen-bond donors (Lipinski definition) is 0. The molecule has 0 spiro atoms. The van der Waals surface area contributed by atoms with E-state index in [1.165, 1.54) is 11.3 Å². The Morgan fingerprint density at radius 1 is 1.21 bits per heavy atom. The van der Waals surface area contributed by atoms with Crippen molar-refractivity contribution in [3.05, 3.63) is 43.8 Å². The molecule has 0 unspecified atom stereocenters. The second kappa shape index (κ2) is 7.15. The maximum atomic E-state index is 13.1. The third kappa shape index (κ3) is 3.67. The number of hydrogen-bond acceptors (Lipinski definition) is 5. The van der Waals surface area contributed by atoms with Gasteiger partial charge < -0.3 is 14.5 Å². The standard InChI is InChI=1S/C20H22BrN3O3S/c1-20(2,3)27-19(26)23-9-8-14-16(11-23)28-17(22-14)18(25)24-10-7-12-13(21)5-4-6-15(12)24/h4-6H,7-11H2,1-3H3. The molecule has 8 heteroatoms. The topological polar surface area (TPSA) is 62.7 Å². The van der Waals surface area contributed by atoms with Gasteiger partial charge in [0, 0.05) is 34.5 Å². The first-order valence-corrected chi connectivity index (χ1v) is 10.9. The van der Waals surface area contributed by atoms with E-state index in [2.05, 4.69) is 20.9 Å². The summed E-state index contributed by atoms with van der Waals surface area (Å²) >= 11 is 4.95. The number of anilines is 1. The number of thiazole rings is 1. The van der Waals surface area contributed by atoms with E-state index in [1.54, 1.807) is 9.80 Å². The van der Waals surface area contributed by atoms with Gasteiger partial charge in [-0.2, -0.15) is 0 Å². The number of aromatic nitrogens is 1. The lowest BCUT2D eigenvalue weighted by atomic mass is 10.2. The summed E-state index contributed by atoms with van der Waals surface area (Å²) in [6.45, 7) is 7.23. The fourth-order valence-corrected chi connectivity index (χ4v) is 5.11. The monoisotopic (exact) mass is 463 g/mol. The van der Waals surface area contributed by atoms with Crippen LogP contribution in [0.5, 0.6) is 0 Å². The third-order valence-electron chi connectivity index (χ3n) is 4.78. The van der Waals surface area contributed by atoms with E-state index in [4.69, 9.17) is 4.74 Å². The Kier molecular flexibility index (Phi) is 4.95. The summed E-state index contributed by atoms with van der Waals surface area (Å²) in [5.41, 5.74) is 2.50. The number of nitrogens with zero attached hydrogens (tertiary/aromatic N) is 3. The van der Waals surface area contributed by atoms with Crippen LogP contribution in [0.15, 0.2) is 22.7 Å². The van der Waals surface area contributed by atoms with E-state index >= 15 is 0 Å².